The molecule has 8 heteroatoms. The van der Waals surface area contributed by atoms with E-state index in [2.05, 4.69) is 33.1 Å². The predicted octanol–water partition coefficient (Wildman–Crippen LogP) is 2.00. The summed E-state index contributed by atoms with van der Waals surface area (Å²) in [5.41, 5.74) is 5.37. The Hall–Kier alpha value is -2.74. The number of rotatable bonds is 3. The van der Waals surface area contributed by atoms with Crippen molar-refractivity contribution in [2.24, 2.45) is 11.8 Å². The molecule has 5 heterocycles. The molecule has 2 saturated heterocycles. The van der Waals surface area contributed by atoms with Crippen molar-refractivity contribution in [3.05, 3.63) is 53.5 Å². The van der Waals surface area contributed by atoms with E-state index in [4.69, 9.17) is 9.97 Å². The first-order valence-electron chi connectivity index (χ1n) is 11.1. The molecule has 0 spiro atoms. The van der Waals surface area contributed by atoms with Gasteiger partial charge in [-0.3, -0.25) is 4.21 Å². The van der Waals surface area contributed by atoms with E-state index in [-0.39, 0.29) is 0 Å². The highest BCUT2D eigenvalue weighted by atomic mass is 32.2. The zero-order valence-electron chi connectivity index (χ0n) is 17.3. The van der Waals surface area contributed by atoms with E-state index in [0.717, 1.165) is 49.1 Å². The van der Waals surface area contributed by atoms with Crippen molar-refractivity contribution in [3.63, 3.8) is 0 Å². The van der Waals surface area contributed by atoms with Crippen LogP contribution in [0.1, 0.15) is 16.8 Å². The number of benzene rings is 1. The molecule has 1 aliphatic carbocycles. The van der Waals surface area contributed by atoms with Gasteiger partial charge in [0, 0.05) is 68.3 Å². The van der Waals surface area contributed by atoms with E-state index in [1.807, 2.05) is 12.3 Å². The Kier molecular flexibility index (Phi) is 3.82. The van der Waals surface area contributed by atoms with Gasteiger partial charge in [0.1, 0.15) is 4.90 Å². The fourth-order valence-corrected chi connectivity index (χ4v) is 6.94. The first-order chi connectivity index (χ1) is 15.2. The molecular weight excluding hydrogens is 408 g/mol. The molecule has 31 heavy (non-hydrogen) atoms. The maximum atomic E-state index is 12.6. The van der Waals surface area contributed by atoms with Crippen LogP contribution in [0.3, 0.4) is 0 Å². The third-order valence-corrected chi connectivity index (χ3v) is 8.82. The second-order valence-corrected chi connectivity index (χ2v) is 10.7. The Bertz CT molecular complexity index is 1200. The van der Waals surface area contributed by atoms with E-state index < -0.39 is 10.8 Å². The highest BCUT2D eigenvalue weighted by Crippen LogP contribution is 2.38. The van der Waals surface area contributed by atoms with Gasteiger partial charge in [-0.1, -0.05) is 6.07 Å². The van der Waals surface area contributed by atoms with Crippen LogP contribution in [0.15, 0.2) is 41.6 Å². The average molecular weight is 433 g/mol. The zero-order chi connectivity index (χ0) is 20.5. The van der Waals surface area contributed by atoms with Gasteiger partial charge in [0.25, 0.3) is 0 Å². The molecule has 2 fully saturated rings. The van der Waals surface area contributed by atoms with Crippen molar-refractivity contribution in [3.8, 4) is 5.82 Å². The molecule has 0 radical (unpaired) electrons. The minimum atomic E-state index is -1.04. The summed E-state index contributed by atoms with van der Waals surface area (Å²) in [5.74, 6) is 3.34. The van der Waals surface area contributed by atoms with Gasteiger partial charge in [0.2, 0.25) is 5.95 Å². The molecule has 7 nitrogen and oxygen atoms in total. The number of anilines is 2. The Morgan fingerprint density at radius 2 is 1.74 bits per heavy atom. The number of aromatic nitrogens is 4. The van der Waals surface area contributed by atoms with Crippen LogP contribution in [0.2, 0.25) is 0 Å². The van der Waals surface area contributed by atoms with Crippen molar-refractivity contribution >= 4 is 22.4 Å². The van der Waals surface area contributed by atoms with Gasteiger partial charge < -0.3 is 9.80 Å². The van der Waals surface area contributed by atoms with Gasteiger partial charge in [-0.2, -0.15) is 10.1 Å². The second-order valence-electron chi connectivity index (χ2n) is 9.16. The highest BCUT2D eigenvalue weighted by Gasteiger charge is 2.41. The molecule has 3 atom stereocenters. The lowest BCUT2D eigenvalue weighted by molar-refractivity contribution is 0.533. The van der Waals surface area contributed by atoms with Crippen LogP contribution in [0.25, 0.3) is 5.82 Å². The summed E-state index contributed by atoms with van der Waals surface area (Å²) in [6.07, 6.45) is 6.82. The summed E-state index contributed by atoms with van der Waals surface area (Å²) in [7, 11) is -1.04. The molecule has 3 unspecified atom stereocenters. The molecule has 7 rings (SSSR count). The lowest BCUT2D eigenvalue weighted by Gasteiger charge is -2.26. The van der Waals surface area contributed by atoms with Crippen molar-refractivity contribution in [2.75, 3.05) is 41.7 Å². The fraction of sp³-hybridized carbons (Fsp3) is 0.435. The average Bonchev–Trinajstić information content (AvgIpc) is 3.52. The maximum absolute atomic E-state index is 12.6. The molecule has 158 valence electrons. The minimum Gasteiger partial charge on any atom is -0.371 e. The normalized spacial score (nSPS) is 26.0. The van der Waals surface area contributed by atoms with Crippen molar-refractivity contribution in [1.29, 1.82) is 0 Å². The molecule has 0 N–H and O–H groups in total. The standard InChI is InChI=1S/C23H24N6OS/c30-31-9-6-20-21(31)22(29-8-1-7-24-29)26-23(25-20)28-13-17-11-27(12-18(17)14-28)19-5-4-15-2-3-16(15)10-19/h1,4-5,7-8,10,17-18H,2-3,6,9,11-14H2. The molecular formula is C23H24N6OS. The second kappa shape index (κ2) is 6.63. The van der Waals surface area contributed by atoms with Gasteiger partial charge in [-0.25, -0.2) is 9.67 Å². The van der Waals surface area contributed by atoms with Crippen LogP contribution in [-0.4, -0.2) is 55.9 Å². The molecule has 0 amide bonds. The first kappa shape index (κ1) is 17.9. The van der Waals surface area contributed by atoms with Gasteiger partial charge >= 0.3 is 0 Å². The van der Waals surface area contributed by atoms with Gasteiger partial charge in [-0.15, -0.1) is 0 Å². The SMILES string of the molecule is O=S1CCc2nc(N3CC4CN(c5ccc6c(c5)CC6)CC4C3)nc(-n3cccn3)c21. The number of nitrogens with zero attached hydrogens (tertiary/aromatic N) is 6. The number of hydrogen-bond donors (Lipinski definition) is 0. The molecule has 0 saturated carbocycles. The summed E-state index contributed by atoms with van der Waals surface area (Å²) in [6, 6.07) is 8.89. The van der Waals surface area contributed by atoms with E-state index in [9.17, 15) is 4.21 Å². The van der Waals surface area contributed by atoms with E-state index in [1.165, 1.54) is 29.7 Å². The Labute approximate surface area is 183 Å². The minimum absolute atomic E-state index is 0.628. The molecule has 2 aromatic heterocycles. The van der Waals surface area contributed by atoms with E-state index in [0.29, 0.717) is 23.4 Å². The van der Waals surface area contributed by atoms with E-state index in [1.54, 1.807) is 10.9 Å². The summed E-state index contributed by atoms with van der Waals surface area (Å²) in [4.78, 5) is 15.4. The predicted molar refractivity (Wildman–Crippen MR) is 119 cm³/mol. The summed E-state index contributed by atoms with van der Waals surface area (Å²) in [5, 5.41) is 4.35. The zero-order valence-corrected chi connectivity index (χ0v) is 18.1. The van der Waals surface area contributed by atoms with Gasteiger partial charge in [-0.05, 0) is 42.2 Å². The van der Waals surface area contributed by atoms with Crippen LogP contribution < -0.4 is 9.80 Å². The summed E-state index contributed by atoms with van der Waals surface area (Å²) < 4.78 is 14.3. The van der Waals surface area contributed by atoms with Crippen LogP contribution in [-0.2, 0) is 30.1 Å². The lowest BCUT2D eigenvalue weighted by Crippen LogP contribution is -2.30. The lowest BCUT2D eigenvalue weighted by atomic mass is 9.88. The third kappa shape index (κ3) is 2.77. The quantitative estimate of drug-likeness (QED) is 0.631. The van der Waals surface area contributed by atoms with Crippen molar-refractivity contribution in [2.45, 2.75) is 24.2 Å². The monoisotopic (exact) mass is 432 g/mol. The highest BCUT2D eigenvalue weighted by molar-refractivity contribution is 7.85. The Morgan fingerprint density at radius 1 is 0.935 bits per heavy atom. The number of aryl methyl sites for hydroxylation is 3. The maximum Gasteiger partial charge on any atom is 0.227 e. The first-order valence-corrected chi connectivity index (χ1v) is 12.5. The van der Waals surface area contributed by atoms with Gasteiger partial charge in [0.05, 0.1) is 16.5 Å². The largest absolute Gasteiger partial charge is 0.371 e. The van der Waals surface area contributed by atoms with Crippen molar-refractivity contribution in [1.82, 2.24) is 19.7 Å². The van der Waals surface area contributed by atoms with Crippen LogP contribution in [0.4, 0.5) is 11.6 Å². The topological polar surface area (TPSA) is 67.2 Å². The molecule has 4 aliphatic rings. The van der Waals surface area contributed by atoms with Crippen LogP contribution >= 0.6 is 0 Å². The third-order valence-electron chi connectivity index (χ3n) is 7.37. The van der Waals surface area contributed by atoms with Gasteiger partial charge in [0.15, 0.2) is 5.82 Å². The summed E-state index contributed by atoms with van der Waals surface area (Å²) in [6.45, 7) is 4.15. The Morgan fingerprint density at radius 3 is 2.45 bits per heavy atom. The fourth-order valence-electron chi connectivity index (χ4n) is 5.60. The molecule has 3 aromatic rings. The van der Waals surface area contributed by atoms with Crippen molar-refractivity contribution < 1.29 is 4.21 Å². The summed E-state index contributed by atoms with van der Waals surface area (Å²) >= 11 is 0. The molecule has 0 bridgehead atoms. The molecule has 3 aliphatic heterocycles. The van der Waals surface area contributed by atoms with Crippen LogP contribution in [0, 0.1) is 11.8 Å². The van der Waals surface area contributed by atoms with Crippen LogP contribution in [0.5, 0.6) is 0 Å². The number of hydrogen-bond acceptors (Lipinski definition) is 6. The Balaban J connectivity index is 1.15. The van der Waals surface area contributed by atoms with E-state index >= 15 is 0 Å². The smallest absolute Gasteiger partial charge is 0.227 e. The number of fused-ring (bicyclic) bond motifs is 3. The molecule has 1 aromatic carbocycles.